The van der Waals surface area contributed by atoms with Crippen molar-refractivity contribution in [1.82, 2.24) is 4.90 Å². The summed E-state index contributed by atoms with van der Waals surface area (Å²) in [5, 5.41) is 0. The first-order valence-corrected chi connectivity index (χ1v) is 7.85. The fraction of sp³-hybridized carbons (Fsp3) is 0.933. The molecule has 116 valence electrons. The van der Waals surface area contributed by atoms with E-state index >= 15 is 0 Å². The Hall–Kier alpha value is -0.650. The molecule has 2 heterocycles. The third kappa shape index (κ3) is 4.17. The van der Waals surface area contributed by atoms with Crippen molar-refractivity contribution in [2.24, 2.45) is 11.7 Å². The van der Waals surface area contributed by atoms with E-state index in [0.717, 1.165) is 38.9 Å². The topological polar surface area (TPSA) is 64.8 Å². The predicted octanol–water partition coefficient (Wildman–Crippen LogP) is 1.16. The largest absolute Gasteiger partial charge is 0.376 e. The molecule has 0 bridgehead atoms. The third-order valence-electron chi connectivity index (χ3n) is 4.21. The van der Waals surface area contributed by atoms with Crippen LogP contribution in [0.25, 0.3) is 0 Å². The summed E-state index contributed by atoms with van der Waals surface area (Å²) in [6, 6.07) is -0.433. The number of amides is 1. The summed E-state index contributed by atoms with van der Waals surface area (Å²) in [7, 11) is 0. The van der Waals surface area contributed by atoms with Gasteiger partial charge in [0.15, 0.2) is 0 Å². The van der Waals surface area contributed by atoms with E-state index in [4.69, 9.17) is 15.2 Å². The number of ether oxygens (including phenoxy) is 2. The van der Waals surface area contributed by atoms with E-state index in [2.05, 4.69) is 0 Å². The maximum absolute atomic E-state index is 12.5. The minimum Gasteiger partial charge on any atom is -0.376 e. The highest BCUT2D eigenvalue weighted by atomic mass is 16.5. The van der Waals surface area contributed by atoms with Crippen molar-refractivity contribution in [2.75, 3.05) is 26.3 Å². The SMILES string of the molecule is CC(C)[C@H](N)C(=O)N(CC1CCCO1)CC1CCCO1. The maximum atomic E-state index is 12.5. The number of carbonyl (C=O) groups excluding carboxylic acids is 1. The first-order valence-electron chi connectivity index (χ1n) is 7.85. The quantitative estimate of drug-likeness (QED) is 0.795. The minimum atomic E-state index is -0.433. The fourth-order valence-corrected chi connectivity index (χ4v) is 2.82. The highest BCUT2D eigenvalue weighted by Gasteiger charge is 2.30. The summed E-state index contributed by atoms with van der Waals surface area (Å²) in [5.74, 6) is 0.185. The second-order valence-corrected chi connectivity index (χ2v) is 6.28. The van der Waals surface area contributed by atoms with Crippen LogP contribution in [0.3, 0.4) is 0 Å². The van der Waals surface area contributed by atoms with Gasteiger partial charge in [0.25, 0.3) is 0 Å². The van der Waals surface area contributed by atoms with Crippen molar-refractivity contribution in [2.45, 2.75) is 57.8 Å². The van der Waals surface area contributed by atoms with Crippen molar-refractivity contribution in [3.63, 3.8) is 0 Å². The van der Waals surface area contributed by atoms with E-state index in [-0.39, 0.29) is 24.0 Å². The Balaban J connectivity index is 1.95. The van der Waals surface area contributed by atoms with Gasteiger partial charge in [-0.2, -0.15) is 0 Å². The van der Waals surface area contributed by atoms with Crippen molar-refractivity contribution in [3.05, 3.63) is 0 Å². The molecule has 2 rings (SSSR count). The molecule has 0 aromatic heterocycles. The molecule has 0 radical (unpaired) electrons. The Kier molecular flexibility index (Phi) is 5.81. The Morgan fingerprint density at radius 3 is 2.00 bits per heavy atom. The molecule has 2 aliphatic heterocycles. The Labute approximate surface area is 121 Å². The van der Waals surface area contributed by atoms with Crippen LogP contribution >= 0.6 is 0 Å². The smallest absolute Gasteiger partial charge is 0.239 e. The summed E-state index contributed by atoms with van der Waals surface area (Å²) in [5.41, 5.74) is 6.04. The molecule has 0 spiro atoms. The van der Waals surface area contributed by atoms with E-state index in [1.54, 1.807) is 0 Å². The molecule has 2 fully saturated rings. The van der Waals surface area contributed by atoms with E-state index in [0.29, 0.717) is 13.1 Å². The summed E-state index contributed by atoms with van der Waals surface area (Å²) in [6.07, 6.45) is 4.57. The van der Waals surface area contributed by atoms with Gasteiger partial charge in [-0.1, -0.05) is 13.8 Å². The van der Waals surface area contributed by atoms with Gasteiger partial charge >= 0.3 is 0 Å². The molecule has 0 aromatic rings. The monoisotopic (exact) mass is 284 g/mol. The second kappa shape index (κ2) is 7.38. The lowest BCUT2D eigenvalue weighted by Gasteiger charge is -2.31. The van der Waals surface area contributed by atoms with Crippen LogP contribution in [0.15, 0.2) is 0 Å². The van der Waals surface area contributed by atoms with Crippen LogP contribution in [-0.4, -0.2) is 55.4 Å². The zero-order chi connectivity index (χ0) is 14.5. The van der Waals surface area contributed by atoms with E-state index in [1.807, 2.05) is 18.7 Å². The molecule has 2 aliphatic rings. The lowest BCUT2D eigenvalue weighted by Crippen LogP contribution is -2.51. The summed E-state index contributed by atoms with van der Waals surface area (Å²) in [4.78, 5) is 14.4. The van der Waals surface area contributed by atoms with Gasteiger partial charge in [0.1, 0.15) is 0 Å². The molecule has 0 saturated carbocycles. The average Bonchev–Trinajstić information content (AvgIpc) is 3.09. The van der Waals surface area contributed by atoms with E-state index in [9.17, 15) is 4.79 Å². The van der Waals surface area contributed by atoms with Crippen LogP contribution in [0, 0.1) is 5.92 Å². The van der Waals surface area contributed by atoms with Crippen LogP contribution in [0.5, 0.6) is 0 Å². The zero-order valence-corrected chi connectivity index (χ0v) is 12.7. The molecule has 1 amide bonds. The first-order chi connectivity index (χ1) is 9.58. The van der Waals surface area contributed by atoms with Gasteiger partial charge in [0.2, 0.25) is 5.91 Å². The van der Waals surface area contributed by atoms with Crippen molar-refractivity contribution >= 4 is 5.91 Å². The van der Waals surface area contributed by atoms with Crippen molar-refractivity contribution < 1.29 is 14.3 Å². The fourth-order valence-electron chi connectivity index (χ4n) is 2.82. The van der Waals surface area contributed by atoms with Crippen LogP contribution in [0.4, 0.5) is 0 Å². The molecule has 0 aliphatic carbocycles. The predicted molar refractivity (Wildman–Crippen MR) is 77.3 cm³/mol. The highest BCUT2D eigenvalue weighted by Crippen LogP contribution is 2.18. The van der Waals surface area contributed by atoms with Crippen LogP contribution in [0.2, 0.25) is 0 Å². The van der Waals surface area contributed by atoms with Gasteiger partial charge in [-0.25, -0.2) is 0 Å². The van der Waals surface area contributed by atoms with Crippen LogP contribution < -0.4 is 5.73 Å². The highest BCUT2D eigenvalue weighted by molar-refractivity contribution is 5.82. The van der Waals surface area contributed by atoms with Gasteiger partial charge < -0.3 is 20.1 Å². The zero-order valence-electron chi connectivity index (χ0n) is 12.7. The van der Waals surface area contributed by atoms with Gasteiger partial charge in [-0.3, -0.25) is 4.79 Å². The van der Waals surface area contributed by atoms with Crippen LogP contribution in [-0.2, 0) is 14.3 Å². The molecular weight excluding hydrogens is 256 g/mol. The molecule has 5 nitrogen and oxygen atoms in total. The number of rotatable bonds is 6. The van der Waals surface area contributed by atoms with E-state index < -0.39 is 6.04 Å². The molecule has 2 saturated heterocycles. The number of nitrogens with zero attached hydrogens (tertiary/aromatic N) is 1. The van der Waals surface area contributed by atoms with E-state index in [1.165, 1.54) is 0 Å². The Morgan fingerprint density at radius 2 is 1.65 bits per heavy atom. The summed E-state index contributed by atoms with van der Waals surface area (Å²) >= 11 is 0. The number of carbonyl (C=O) groups is 1. The molecule has 3 atom stereocenters. The average molecular weight is 284 g/mol. The number of hydrogen-bond acceptors (Lipinski definition) is 4. The molecule has 0 aromatic carbocycles. The van der Waals surface area contributed by atoms with Gasteiger partial charge in [-0.05, 0) is 31.6 Å². The first kappa shape index (κ1) is 15.7. The standard InChI is InChI=1S/C15H28N2O3/c1-11(2)14(16)15(18)17(9-12-5-3-7-19-12)10-13-6-4-8-20-13/h11-14H,3-10,16H2,1-2H3/t12?,13?,14-/m0/s1. The lowest BCUT2D eigenvalue weighted by atomic mass is 10.0. The lowest BCUT2D eigenvalue weighted by molar-refractivity contribution is -0.136. The third-order valence-corrected chi connectivity index (χ3v) is 4.21. The van der Waals surface area contributed by atoms with Gasteiger partial charge in [-0.15, -0.1) is 0 Å². The normalized spacial score (nSPS) is 28.0. The molecule has 5 heteroatoms. The van der Waals surface area contributed by atoms with Crippen molar-refractivity contribution in [1.29, 1.82) is 0 Å². The summed E-state index contributed by atoms with van der Waals surface area (Å²) < 4.78 is 11.3. The van der Waals surface area contributed by atoms with Crippen molar-refractivity contribution in [3.8, 4) is 0 Å². The molecular formula is C15H28N2O3. The second-order valence-electron chi connectivity index (χ2n) is 6.28. The van der Waals surface area contributed by atoms with Crippen LogP contribution in [0.1, 0.15) is 39.5 Å². The molecule has 20 heavy (non-hydrogen) atoms. The molecule has 2 N–H and O–H groups in total. The number of nitrogens with two attached hydrogens (primary N) is 1. The molecule has 2 unspecified atom stereocenters. The number of hydrogen-bond donors (Lipinski definition) is 1. The van der Waals surface area contributed by atoms with Gasteiger partial charge in [0.05, 0.1) is 18.2 Å². The minimum absolute atomic E-state index is 0.0333. The van der Waals surface area contributed by atoms with Gasteiger partial charge in [0, 0.05) is 26.3 Å². The summed E-state index contributed by atoms with van der Waals surface area (Å²) in [6.45, 7) is 6.89. The maximum Gasteiger partial charge on any atom is 0.239 e. The Bertz CT molecular complexity index is 292. The Morgan fingerprint density at radius 1 is 1.15 bits per heavy atom.